The standard InChI is InChI=1S/C23H24N4O2/c1-18-7-9-19(10-8-18)21-15-22(28)27(17-24-21)16-23(29)26-13-11-25(12-14-26)20-5-3-2-4-6-20/h2-10,15,17H,11-14,16H2,1H3. The highest BCUT2D eigenvalue weighted by Crippen LogP contribution is 2.17. The van der Waals surface area contributed by atoms with Gasteiger partial charge in [0.1, 0.15) is 6.54 Å². The zero-order chi connectivity index (χ0) is 20.2. The lowest BCUT2D eigenvalue weighted by Crippen LogP contribution is -2.50. The summed E-state index contributed by atoms with van der Waals surface area (Å²) in [6.07, 6.45) is 1.47. The molecule has 6 nitrogen and oxygen atoms in total. The van der Waals surface area contributed by atoms with E-state index in [0.717, 1.165) is 24.2 Å². The number of benzene rings is 2. The number of aryl methyl sites for hydroxylation is 1. The Balaban J connectivity index is 1.39. The van der Waals surface area contributed by atoms with Gasteiger partial charge in [-0.2, -0.15) is 0 Å². The van der Waals surface area contributed by atoms with Gasteiger partial charge in [-0.15, -0.1) is 0 Å². The Kier molecular flexibility index (Phi) is 5.42. The number of nitrogens with zero attached hydrogens (tertiary/aromatic N) is 4. The number of rotatable bonds is 4. The van der Waals surface area contributed by atoms with Gasteiger partial charge in [-0.05, 0) is 19.1 Å². The summed E-state index contributed by atoms with van der Waals surface area (Å²) < 4.78 is 1.38. The van der Waals surface area contributed by atoms with Crippen molar-refractivity contribution in [3.63, 3.8) is 0 Å². The molecule has 6 heteroatoms. The Morgan fingerprint density at radius 3 is 2.31 bits per heavy atom. The molecule has 0 N–H and O–H groups in total. The van der Waals surface area contributed by atoms with Crippen molar-refractivity contribution in [1.82, 2.24) is 14.5 Å². The van der Waals surface area contributed by atoms with Crippen molar-refractivity contribution >= 4 is 11.6 Å². The number of anilines is 1. The number of para-hydroxylation sites is 1. The summed E-state index contributed by atoms with van der Waals surface area (Å²) in [5.74, 6) is -0.0512. The van der Waals surface area contributed by atoms with E-state index in [2.05, 4.69) is 22.0 Å². The summed E-state index contributed by atoms with van der Waals surface area (Å²) in [7, 11) is 0. The van der Waals surface area contributed by atoms with E-state index in [-0.39, 0.29) is 18.0 Å². The van der Waals surface area contributed by atoms with Gasteiger partial charge in [0.2, 0.25) is 5.91 Å². The van der Waals surface area contributed by atoms with Crippen LogP contribution in [0.2, 0.25) is 0 Å². The third kappa shape index (κ3) is 4.37. The maximum Gasteiger partial charge on any atom is 0.254 e. The Hall–Kier alpha value is -3.41. The topological polar surface area (TPSA) is 58.4 Å². The molecule has 0 saturated carbocycles. The number of aromatic nitrogens is 2. The third-order valence-electron chi connectivity index (χ3n) is 5.29. The molecule has 0 aliphatic carbocycles. The van der Waals surface area contributed by atoms with Gasteiger partial charge in [0.25, 0.3) is 5.56 Å². The van der Waals surface area contributed by atoms with Crippen molar-refractivity contribution in [2.24, 2.45) is 0 Å². The second-order valence-corrected chi connectivity index (χ2v) is 7.31. The van der Waals surface area contributed by atoms with E-state index < -0.39 is 0 Å². The molecule has 2 heterocycles. The smallest absolute Gasteiger partial charge is 0.254 e. The number of carbonyl (C=O) groups excluding carboxylic acids is 1. The predicted octanol–water partition coefficient (Wildman–Crippen LogP) is 2.57. The van der Waals surface area contributed by atoms with E-state index in [1.807, 2.05) is 54.3 Å². The third-order valence-corrected chi connectivity index (χ3v) is 5.29. The Labute approximate surface area is 170 Å². The summed E-state index contributed by atoms with van der Waals surface area (Å²) in [6, 6.07) is 19.6. The molecule has 0 spiro atoms. The van der Waals surface area contributed by atoms with Crippen molar-refractivity contribution in [2.45, 2.75) is 13.5 Å². The SMILES string of the molecule is Cc1ccc(-c2cc(=O)n(CC(=O)N3CCN(c4ccccc4)CC3)cn2)cc1. The van der Waals surface area contributed by atoms with Crippen LogP contribution in [0.1, 0.15) is 5.56 Å². The van der Waals surface area contributed by atoms with Gasteiger partial charge in [0, 0.05) is 43.5 Å². The maximum absolute atomic E-state index is 12.7. The van der Waals surface area contributed by atoms with Crippen LogP contribution in [-0.2, 0) is 11.3 Å². The highest BCUT2D eigenvalue weighted by molar-refractivity contribution is 5.76. The summed E-state index contributed by atoms with van der Waals surface area (Å²) in [6.45, 7) is 4.91. The lowest BCUT2D eigenvalue weighted by Gasteiger charge is -2.36. The minimum atomic E-state index is -0.216. The van der Waals surface area contributed by atoms with Gasteiger partial charge >= 0.3 is 0 Å². The number of piperazine rings is 1. The lowest BCUT2D eigenvalue weighted by atomic mass is 10.1. The molecule has 1 aliphatic heterocycles. The first-order valence-corrected chi connectivity index (χ1v) is 9.81. The van der Waals surface area contributed by atoms with Crippen LogP contribution < -0.4 is 10.5 Å². The van der Waals surface area contributed by atoms with Gasteiger partial charge in [-0.1, -0.05) is 48.0 Å². The number of amides is 1. The van der Waals surface area contributed by atoms with E-state index in [0.29, 0.717) is 18.8 Å². The number of hydrogen-bond acceptors (Lipinski definition) is 4. The van der Waals surface area contributed by atoms with Crippen LogP contribution in [0, 0.1) is 6.92 Å². The first kappa shape index (κ1) is 18.9. The molecule has 0 atom stereocenters. The highest BCUT2D eigenvalue weighted by atomic mass is 16.2. The molecule has 3 aromatic rings. The molecule has 1 aliphatic rings. The molecule has 1 amide bonds. The summed E-state index contributed by atoms with van der Waals surface area (Å²) in [5.41, 5.74) is 3.62. The zero-order valence-corrected chi connectivity index (χ0v) is 16.5. The first-order valence-electron chi connectivity index (χ1n) is 9.81. The average molecular weight is 388 g/mol. The molecule has 0 bridgehead atoms. The Bertz CT molecular complexity index is 1040. The van der Waals surface area contributed by atoms with Crippen LogP contribution in [-0.4, -0.2) is 46.5 Å². The molecule has 1 aromatic heterocycles. The van der Waals surface area contributed by atoms with Crippen molar-refractivity contribution in [3.05, 3.63) is 82.9 Å². The van der Waals surface area contributed by atoms with E-state index in [1.54, 1.807) is 0 Å². The number of carbonyl (C=O) groups is 1. The van der Waals surface area contributed by atoms with Crippen LogP contribution in [0.25, 0.3) is 11.3 Å². The quantitative estimate of drug-likeness (QED) is 0.689. The predicted molar refractivity (Wildman–Crippen MR) is 114 cm³/mol. The fourth-order valence-corrected chi connectivity index (χ4v) is 3.53. The average Bonchev–Trinajstić information content (AvgIpc) is 2.76. The van der Waals surface area contributed by atoms with Crippen molar-refractivity contribution in [3.8, 4) is 11.3 Å². The van der Waals surface area contributed by atoms with Gasteiger partial charge in [-0.25, -0.2) is 4.98 Å². The van der Waals surface area contributed by atoms with Crippen LogP contribution >= 0.6 is 0 Å². The second-order valence-electron chi connectivity index (χ2n) is 7.31. The van der Waals surface area contributed by atoms with Gasteiger partial charge in [0.05, 0.1) is 12.0 Å². The number of hydrogen-bond donors (Lipinski definition) is 0. The second kappa shape index (κ2) is 8.31. The van der Waals surface area contributed by atoms with Gasteiger partial charge < -0.3 is 9.80 Å². The van der Waals surface area contributed by atoms with Gasteiger partial charge in [0.15, 0.2) is 0 Å². The molecular formula is C23H24N4O2. The lowest BCUT2D eigenvalue weighted by molar-refractivity contribution is -0.132. The molecule has 2 aromatic carbocycles. The normalized spacial score (nSPS) is 14.1. The first-order chi connectivity index (χ1) is 14.1. The van der Waals surface area contributed by atoms with E-state index in [4.69, 9.17) is 0 Å². The Morgan fingerprint density at radius 2 is 1.66 bits per heavy atom. The Morgan fingerprint density at radius 1 is 0.966 bits per heavy atom. The van der Waals surface area contributed by atoms with Crippen LogP contribution in [0.5, 0.6) is 0 Å². The minimum Gasteiger partial charge on any atom is -0.368 e. The molecule has 1 fully saturated rings. The molecule has 0 unspecified atom stereocenters. The van der Waals surface area contributed by atoms with Crippen molar-refractivity contribution < 1.29 is 4.79 Å². The summed E-state index contributed by atoms with van der Waals surface area (Å²) >= 11 is 0. The fourth-order valence-electron chi connectivity index (χ4n) is 3.53. The summed E-state index contributed by atoms with van der Waals surface area (Å²) in [5, 5.41) is 0. The molecule has 4 rings (SSSR count). The van der Waals surface area contributed by atoms with Crippen molar-refractivity contribution in [2.75, 3.05) is 31.1 Å². The molecular weight excluding hydrogens is 364 g/mol. The van der Waals surface area contributed by atoms with Gasteiger partial charge in [-0.3, -0.25) is 14.2 Å². The minimum absolute atomic E-state index is 0.0192. The van der Waals surface area contributed by atoms with E-state index in [1.165, 1.54) is 22.6 Å². The fraction of sp³-hybridized carbons (Fsp3) is 0.261. The summed E-state index contributed by atoms with van der Waals surface area (Å²) in [4.78, 5) is 33.6. The zero-order valence-electron chi connectivity index (χ0n) is 16.5. The van der Waals surface area contributed by atoms with E-state index in [9.17, 15) is 9.59 Å². The van der Waals surface area contributed by atoms with Crippen LogP contribution in [0.3, 0.4) is 0 Å². The van der Waals surface area contributed by atoms with Crippen molar-refractivity contribution in [1.29, 1.82) is 0 Å². The monoisotopic (exact) mass is 388 g/mol. The highest BCUT2D eigenvalue weighted by Gasteiger charge is 2.21. The molecule has 148 valence electrons. The molecule has 29 heavy (non-hydrogen) atoms. The molecule has 1 saturated heterocycles. The largest absolute Gasteiger partial charge is 0.368 e. The molecule has 0 radical (unpaired) electrons. The van der Waals surface area contributed by atoms with E-state index >= 15 is 0 Å². The maximum atomic E-state index is 12.7. The van der Waals surface area contributed by atoms with Crippen LogP contribution in [0.15, 0.2) is 71.8 Å². The van der Waals surface area contributed by atoms with Crippen LogP contribution in [0.4, 0.5) is 5.69 Å².